The van der Waals surface area contributed by atoms with Crippen molar-refractivity contribution in [3.05, 3.63) is 78.6 Å². The number of hydrogen-bond acceptors (Lipinski definition) is 2. The van der Waals surface area contributed by atoms with E-state index in [9.17, 15) is 0 Å². The van der Waals surface area contributed by atoms with Crippen molar-refractivity contribution in [1.82, 2.24) is 9.97 Å². The van der Waals surface area contributed by atoms with E-state index in [1.807, 2.05) is 18.5 Å². The highest BCUT2D eigenvalue weighted by atomic mass is 15.0. The Kier molecular flexibility index (Phi) is 4.00. The molecular weight excluding hydrogens is 318 g/mol. The molecule has 0 atom stereocenters. The molecule has 0 fully saturated rings. The molecule has 4 rings (SSSR count). The third-order valence-electron chi connectivity index (χ3n) is 4.67. The summed E-state index contributed by atoms with van der Waals surface area (Å²) in [4.78, 5) is 7.68. The first-order valence-electron chi connectivity index (χ1n) is 8.90. The Bertz CT molecular complexity index is 1040. The van der Waals surface area contributed by atoms with Crippen LogP contribution in [0.25, 0.3) is 22.0 Å². The van der Waals surface area contributed by atoms with E-state index in [0.29, 0.717) is 0 Å². The Morgan fingerprint density at radius 1 is 0.846 bits per heavy atom. The molecule has 0 saturated heterocycles. The summed E-state index contributed by atoms with van der Waals surface area (Å²) in [5.41, 5.74) is 6.03. The lowest BCUT2D eigenvalue weighted by Crippen LogP contribution is -2.10. The molecule has 130 valence electrons. The van der Waals surface area contributed by atoms with Crippen molar-refractivity contribution in [3.63, 3.8) is 0 Å². The van der Waals surface area contributed by atoms with Crippen LogP contribution in [0.2, 0.25) is 0 Å². The second-order valence-corrected chi connectivity index (χ2v) is 7.66. The van der Waals surface area contributed by atoms with Crippen LogP contribution in [0.1, 0.15) is 26.3 Å². The molecule has 4 aromatic rings. The summed E-state index contributed by atoms with van der Waals surface area (Å²) in [6.07, 6.45) is 3.80. The fourth-order valence-corrected chi connectivity index (χ4v) is 3.12. The van der Waals surface area contributed by atoms with Gasteiger partial charge in [0.15, 0.2) is 0 Å². The van der Waals surface area contributed by atoms with E-state index in [0.717, 1.165) is 22.6 Å². The van der Waals surface area contributed by atoms with Crippen LogP contribution in [0.3, 0.4) is 0 Å². The van der Waals surface area contributed by atoms with Crippen LogP contribution >= 0.6 is 0 Å². The van der Waals surface area contributed by atoms with Crippen LogP contribution in [0.4, 0.5) is 11.5 Å². The van der Waals surface area contributed by atoms with Gasteiger partial charge in [-0.3, -0.25) is 0 Å². The van der Waals surface area contributed by atoms with E-state index in [4.69, 9.17) is 0 Å². The van der Waals surface area contributed by atoms with Gasteiger partial charge in [0.05, 0.1) is 0 Å². The third kappa shape index (κ3) is 3.33. The van der Waals surface area contributed by atoms with Crippen molar-refractivity contribution in [3.8, 4) is 11.1 Å². The van der Waals surface area contributed by atoms with E-state index in [1.165, 1.54) is 16.5 Å². The van der Waals surface area contributed by atoms with Crippen molar-refractivity contribution in [2.45, 2.75) is 26.2 Å². The Morgan fingerprint density at radius 2 is 1.65 bits per heavy atom. The maximum Gasteiger partial charge on any atom is 0.130 e. The Morgan fingerprint density at radius 3 is 2.42 bits per heavy atom. The number of rotatable bonds is 3. The first-order chi connectivity index (χ1) is 12.5. The smallest absolute Gasteiger partial charge is 0.130 e. The summed E-state index contributed by atoms with van der Waals surface area (Å²) < 4.78 is 0. The molecule has 3 heteroatoms. The summed E-state index contributed by atoms with van der Waals surface area (Å²) in [6.45, 7) is 6.70. The molecule has 0 aliphatic rings. The molecule has 0 aliphatic carbocycles. The summed E-state index contributed by atoms with van der Waals surface area (Å²) >= 11 is 0. The molecule has 2 N–H and O–H groups in total. The number of benzene rings is 2. The van der Waals surface area contributed by atoms with Gasteiger partial charge in [-0.15, -0.1) is 0 Å². The molecule has 2 aromatic heterocycles. The summed E-state index contributed by atoms with van der Waals surface area (Å²) in [7, 11) is 0. The standard InChI is InChI=1S/C23H23N3/c1-23(2,3)19-6-4-16(5-7-19)17-10-13-25-22(15-17)26-20-8-9-21-18(14-20)11-12-24-21/h4-15,24H,1-3H3,(H,25,26). The monoisotopic (exact) mass is 341 g/mol. The third-order valence-corrected chi connectivity index (χ3v) is 4.67. The van der Waals surface area contributed by atoms with Crippen LogP contribution in [-0.4, -0.2) is 9.97 Å². The molecule has 0 unspecified atom stereocenters. The number of anilines is 2. The van der Waals surface area contributed by atoms with Crippen molar-refractivity contribution in [2.24, 2.45) is 0 Å². The zero-order valence-electron chi connectivity index (χ0n) is 15.4. The van der Waals surface area contributed by atoms with Crippen LogP contribution in [0.15, 0.2) is 73.1 Å². The fourth-order valence-electron chi connectivity index (χ4n) is 3.12. The minimum Gasteiger partial charge on any atom is -0.361 e. The number of H-pyrrole nitrogens is 1. The number of aromatic nitrogens is 2. The second kappa shape index (κ2) is 6.34. The Hall–Kier alpha value is -3.07. The summed E-state index contributed by atoms with van der Waals surface area (Å²) in [5.74, 6) is 0.845. The predicted octanol–water partition coefficient (Wildman–Crippen LogP) is 6.27. The van der Waals surface area contributed by atoms with Gasteiger partial charge >= 0.3 is 0 Å². The average Bonchev–Trinajstić information content (AvgIpc) is 3.09. The summed E-state index contributed by atoms with van der Waals surface area (Å²) in [5, 5.41) is 4.59. The number of aromatic amines is 1. The van der Waals surface area contributed by atoms with E-state index >= 15 is 0 Å². The Labute approximate surface area is 154 Å². The molecule has 0 aliphatic heterocycles. The van der Waals surface area contributed by atoms with Gasteiger partial charge in [-0.2, -0.15) is 0 Å². The minimum atomic E-state index is 0.167. The molecule has 2 aromatic carbocycles. The van der Waals surface area contributed by atoms with E-state index in [2.05, 4.69) is 90.7 Å². The van der Waals surface area contributed by atoms with Crippen molar-refractivity contribution in [2.75, 3.05) is 5.32 Å². The van der Waals surface area contributed by atoms with E-state index in [-0.39, 0.29) is 5.41 Å². The fraction of sp³-hybridized carbons (Fsp3) is 0.174. The van der Waals surface area contributed by atoms with Gasteiger partial charge in [0.2, 0.25) is 0 Å². The highest BCUT2D eigenvalue weighted by Crippen LogP contribution is 2.28. The van der Waals surface area contributed by atoms with Gasteiger partial charge in [0.1, 0.15) is 5.82 Å². The van der Waals surface area contributed by atoms with Crippen molar-refractivity contribution in [1.29, 1.82) is 0 Å². The van der Waals surface area contributed by atoms with Crippen LogP contribution < -0.4 is 5.32 Å². The molecule has 3 nitrogen and oxygen atoms in total. The van der Waals surface area contributed by atoms with Gasteiger partial charge in [0.25, 0.3) is 0 Å². The predicted molar refractivity (Wildman–Crippen MR) is 110 cm³/mol. The topological polar surface area (TPSA) is 40.7 Å². The average molecular weight is 341 g/mol. The zero-order valence-corrected chi connectivity index (χ0v) is 15.4. The number of nitrogens with zero attached hydrogens (tertiary/aromatic N) is 1. The normalized spacial score (nSPS) is 11.7. The van der Waals surface area contributed by atoms with E-state index < -0.39 is 0 Å². The first-order valence-corrected chi connectivity index (χ1v) is 8.90. The van der Waals surface area contributed by atoms with E-state index in [1.54, 1.807) is 0 Å². The van der Waals surface area contributed by atoms with Crippen LogP contribution in [-0.2, 0) is 5.41 Å². The molecule has 26 heavy (non-hydrogen) atoms. The molecular formula is C23H23N3. The zero-order chi connectivity index (χ0) is 18.1. The summed E-state index contributed by atoms with van der Waals surface area (Å²) in [6, 6.07) is 21.3. The van der Waals surface area contributed by atoms with Gasteiger partial charge < -0.3 is 10.3 Å². The molecule has 2 heterocycles. The lowest BCUT2D eigenvalue weighted by molar-refractivity contribution is 0.590. The quantitative estimate of drug-likeness (QED) is 0.461. The molecule has 0 spiro atoms. The maximum atomic E-state index is 4.47. The first kappa shape index (κ1) is 16.4. The number of nitrogens with one attached hydrogen (secondary N) is 2. The molecule has 0 amide bonds. The maximum absolute atomic E-state index is 4.47. The number of fused-ring (bicyclic) bond motifs is 1. The largest absolute Gasteiger partial charge is 0.361 e. The van der Waals surface area contributed by atoms with Crippen molar-refractivity contribution >= 4 is 22.4 Å². The molecule has 0 radical (unpaired) electrons. The number of pyridine rings is 1. The molecule has 0 bridgehead atoms. The number of hydrogen-bond donors (Lipinski definition) is 2. The van der Waals surface area contributed by atoms with Crippen molar-refractivity contribution < 1.29 is 0 Å². The lowest BCUT2D eigenvalue weighted by Gasteiger charge is -2.19. The van der Waals surface area contributed by atoms with Gasteiger partial charge in [-0.05, 0) is 58.5 Å². The van der Waals surface area contributed by atoms with Gasteiger partial charge in [0, 0.05) is 29.0 Å². The second-order valence-electron chi connectivity index (χ2n) is 7.66. The van der Waals surface area contributed by atoms with Crippen LogP contribution in [0.5, 0.6) is 0 Å². The lowest BCUT2D eigenvalue weighted by atomic mass is 9.86. The van der Waals surface area contributed by atoms with Gasteiger partial charge in [-0.1, -0.05) is 45.0 Å². The minimum absolute atomic E-state index is 0.167. The highest BCUT2D eigenvalue weighted by Gasteiger charge is 2.13. The Balaban J connectivity index is 1.60. The van der Waals surface area contributed by atoms with Crippen LogP contribution in [0, 0.1) is 0 Å². The molecule has 0 saturated carbocycles. The highest BCUT2D eigenvalue weighted by molar-refractivity contribution is 5.84. The SMILES string of the molecule is CC(C)(C)c1ccc(-c2ccnc(Nc3ccc4[nH]ccc4c3)c2)cc1. The van der Waals surface area contributed by atoms with Gasteiger partial charge in [-0.25, -0.2) is 4.98 Å².